The van der Waals surface area contributed by atoms with Gasteiger partial charge in [-0.1, -0.05) is 101 Å². The molecule has 0 amide bonds. The van der Waals surface area contributed by atoms with Gasteiger partial charge in [0.1, 0.15) is 0 Å². The number of pyridine rings is 1. The number of hydrogen-bond donors (Lipinski definition) is 0. The maximum absolute atomic E-state index is 5.04. The largest absolute Gasteiger partial charge is 0.248 e. The molecule has 1 saturated carbocycles. The maximum Gasteiger partial charge on any atom is 0.0709 e. The fraction of sp³-hybridized carbons (Fsp3) is 0.417. The van der Waals surface area contributed by atoms with Crippen molar-refractivity contribution in [2.45, 2.75) is 90.9 Å². The van der Waals surface area contributed by atoms with Gasteiger partial charge in [0.15, 0.2) is 0 Å². The number of nitrogens with zero attached hydrogens (tertiary/aromatic N) is 1. The van der Waals surface area contributed by atoms with Gasteiger partial charge in [-0.05, 0) is 96.4 Å². The SMILES string of the molecule is CCCCCC1CCC(c2ccc3nc(-c4ccc(-c5ccc(C(C)C)cc5C)cc4)ccc3c2)CC1. The van der Waals surface area contributed by atoms with Crippen LogP contribution < -0.4 is 0 Å². The zero-order chi connectivity index (χ0) is 25.8. The zero-order valence-electron chi connectivity index (χ0n) is 23.3. The molecule has 0 saturated heterocycles. The number of aromatic nitrogens is 1. The number of fused-ring (bicyclic) bond motifs is 1. The Hall–Kier alpha value is -2.93. The van der Waals surface area contributed by atoms with Gasteiger partial charge in [0.05, 0.1) is 11.2 Å². The minimum absolute atomic E-state index is 0.556. The number of unbranched alkanes of at least 4 members (excludes halogenated alkanes) is 2. The highest BCUT2D eigenvalue weighted by atomic mass is 14.7. The summed E-state index contributed by atoms with van der Waals surface area (Å²) in [6, 6.07) is 27.2. The minimum Gasteiger partial charge on any atom is -0.248 e. The lowest BCUT2D eigenvalue weighted by molar-refractivity contribution is 0.303. The molecular formula is C36H43N. The molecule has 4 aromatic rings. The van der Waals surface area contributed by atoms with Crippen molar-refractivity contribution in [3.8, 4) is 22.4 Å². The minimum atomic E-state index is 0.556. The summed E-state index contributed by atoms with van der Waals surface area (Å²) in [5.41, 5.74) is 10.1. The first-order chi connectivity index (χ1) is 18.0. The predicted octanol–water partition coefficient (Wildman–Crippen LogP) is 10.9. The molecule has 192 valence electrons. The quantitative estimate of drug-likeness (QED) is 0.224. The van der Waals surface area contributed by atoms with Crippen LogP contribution in [0.4, 0.5) is 0 Å². The van der Waals surface area contributed by atoms with Crippen molar-refractivity contribution in [2.24, 2.45) is 5.92 Å². The van der Waals surface area contributed by atoms with Crippen molar-refractivity contribution in [1.82, 2.24) is 4.98 Å². The molecule has 5 rings (SSSR count). The highest BCUT2D eigenvalue weighted by Crippen LogP contribution is 2.38. The Morgan fingerprint density at radius 2 is 1.54 bits per heavy atom. The lowest BCUT2D eigenvalue weighted by Gasteiger charge is -2.29. The Labute approximate surface area is 224 Å². The van der Waals surface area contributed by atoms with E-state index in [1.807, 2.05) is 0 Å². The number of aryl methyl sites for hydroxylation is 1. The third-order valence-electron chi connectivity index (χ3n) is 8.66. The maximum atomic E-state index is 5.04. The molecule has 0 radical (unpaired) electrons. The second-order valence-electron chi connectivity index (χ2n) is 11.7. The van der Waals surface area contributed by atoms with Gasteiger partial charge in [-0.2, -0.15) is 0 Å². The van der Waals surface area contributed by atoms with Gasteiger partial charge in [0.2, 0.25) is 0 Å². The monoisotopic (exact) mass is 489 g/mol. The van der Waals surface area contributed by atoms with E-state index in [2.05, 4.69) is 100 Å². The van der Waals surface area contributed by atoms with Crippen LogP contribution >= 0.6 is 0 Å². The van der Waals surface area contributed by atoms with Crippen molar-refractivity contribution >= 4 is 10.9 Å². The molecule has 1 nitrogen and oxygen atoms in total. The van der Waals surface area contributed by atoms with Crippen molar-refractivity contribution in [3.63, 3.8) is 0 Å². The Morgan fingerprint density at radius 3 is 2.24 bits per heavy atom. The molecule has 3 aromatic carbocycles. The summed E-state index contributed by atoms with van der Waals surface area (Å²) in [7, 11) is 0. The highest BCUT2D eigenvalue weighted by Gasteiger charge is 2.22. The molecular weight excluding hydrogens is 446 g/mol. The van der Waals surface area contributed by atoms with Gasteiger partial charge < -0.3 is 0 Å². The van der Waals surface area contributed by atoms with Gasteiger partial charge in [0, 0.05) is 10.9 Å². The van der Waals surface area contributed by atoms with Gasteiger partial charge >= 0.3 is 0 Å². The second-order valence-corrected chi connectivity index (χ2v) is 11.7. The fourth-order valence-electron chi connectivity index (χ4n) is 6.22. The van der Waals surface area contributed by atoms with E-state index in [0.717, 1.165) is 23.0 Å². The van der Waals surface area contributed by atoms with Gasteiger partial charge in [-0.3, -0.25) is 0 Å². The van der Waals surface area contributed by atoms with Crippen LogP contribution in [0.25, 0.3) is 33.3 Å². The van der Waals surface area contributed by atoms with E-state index in [1.165, 1.54) is 90.1 Å². The van der Waals surface area contributed by atoms with Gasteiger partial charge in [0.25, 0.3) is 0 Å². The summed E-state index contributed by atoms with van der Waals surface area (Å²) < 4.78 is 0. The lowest BCUT2D eigenvalue weighted by atomic mass is 9.77. The van der Waals surface area contributed by atoms with Crippen LogP contribution in [-0.2, 0) is 0 Å². The first-order valence-corrected chi connectivity index (χ1v) is 14.6. The molecule has 1 aliphatic rings. The summed E-state index contributed by atoms with van der Waals surface area (Å²) in [4.78, 5) is 5.04. The highest BCUT2D eigenvalue weighted by molar-refractivity contribution is 5.82. The molecule has 0 spiro atoms. The van der Waals surface area contributed by atoms with Gasteiger partial charge in [-0.25, -0.2) is 4.98 Å². The first kappa shape index (κ1) is 25.7. The Kier molecular flexibility index (Phi) is 8.08. The third kappa shape index (κ3) is 5.98. The van der Waals surface area contributed by atoms with E-state index in [4.69, 9.17) is 4.98 Å². The molecule has 0 N–H and O–H groups in total. The van der Waals surface area contributed by atoms with Crippen LogP contribution in [0.15, 0.2) is 72.8 Å². The Bertz CT molecular complexity index is 1320. The van der Waals surface area contributed by atoms with E-state index < -0.39 is 0 Å². The molecule has 0 atom stereocenters. The molecule has 1 heteroatoms. The van der Waals surface area contributed by atoms with Crippen molar-refractivity contribution in [1.29, 1.82) is 0 Å². The molecule has 1 aromatic heterocycles. The fourth-order valence-corrected chi connectivity index (χ4v) is 6.22. The van der Waals surface area contributed by atoms with E-state index in [9.17, 15) is 0 Å². The lowest BCUT2D eigenvalue weighted by Crippen LogP contribution is -2.13. The summed E-state index contributed by atoms with van der Waals surface area (Å²) in [6.45, 7) is 9.02. The van der Waals surface area contributed by atoms with Crippen molar-refractivity contribution in [2.75, 3.05) is 0 Å². The third-order valence-corrected chi connectivity index (χ3v) is 8.66. The van der Waals surface area contributed by atoms with Crippen molar-refractivity contribution < 1.29 is 0 Å². The molecule has 37 heavy (non-hydrogen) atoms. The molecule has 0 unspecified atom stereocenters. The van der Waals surface area contributed by atoms with Crippen LogP contribution in [0.2, 0.25) is 0 Å². The predicted molar refractivity (Wildman–Crippen MR) is 160 cm³/mol. The van der Waals surface area contributed by atoms with E-state index in [0.29, 0.717) is 5.92 Å². The van der Waals surface area contributed by atoms with Gasteiger partial charge in [-0.15, -0.1) is 0 Å². The molecule has 1 aliphatic carbocycles. The Morgan fingerprint density at radius 1 is 0.784 bits per heavy atom. The first-order valence-electron chi connectivity index (χ1n) is 14.6. The average molecular weight is 490 g/mol. The topological polar surface area (TPSA) is 12.9 Å². The van der Waals surface area contributed by atoms with E-state index in [1.54, 1.807) is 0 Å². The van der Waals surface area contributed by atoms with E-state index >= 15 is 0 Å². The van der Waals surface area contributed by atoms with E-state index in [-0.39, 0.29) is 0 Å². The second kappa shape index (κ2) is 11.6. The molecule has 1 fully saturated rings. The number of rotatable bonds is 8. The van der Waals surface area contributed by atoms with Crippen LogP contribution in [0, 0.1) is 12.8 Å². The summed E-state index contributed by atoms with van der Waals surface area (Å²) in [5.74, 6) is 2.24. The number of hydrogen-bond acceptors (Lipinski definition) is 1. The average Bonchev–Trinajstić information content (AvgIpc) is 2.93. The normalized spacial score (nSPS) is 18.0. The molecule has 1 heterocycles. The summed E-state index contributed by atoms with van der Waals surface area (Å²) in [6.07, 6.45) is 11.1. The summed E-state index contributed by atoms with van der Waals surface area (Å²) in [5, 5.41) is 1.27. The van der Waals surface area contributed by atoms with Crippen molar-refractivity contribution in [3.05, 3.63) is 89.5 Å². The summed E-state index contributed by atoms with van der Waals surface area (Å²) >= 11 is 0. The van der Waals surface area contributed by atoms with Crippen LogP contribution in [-0.4, -0.2) is 4.98 Å². The van der Waals surface area contributed by atoms with Crippen LogP contribution in [0.3, 0.4) is 0 Å². The molecule has 0 bridgehead atoms. The van der Waals surface area contributed by atoms with Crippen LogP contribution in [0.5, 0.6) is 0 Å². The standard InChI is InChI=1S/C36H43N/c1-5-6-7-8-27-9-11-28(12-10-27)32-18-21-36-33(24-32)19-22-35(37-36)30-15-13-29(14-16-30)34-20-17-31(25(2)3)23-26(34)4/h13-25,27-28H,5-12H2,1-4H3. The smallest absolute Gasteiger partial charge is 0.0709 e. The molecule has 0 aliphatic heterocycles. The number of benzene rings is 3. The zero-order valence-corrected chi connectivity index (χ0v) is 23.3. The van der Waals surface area contributed by atoms with Crippen LogP contribution in [0.1, 0.15) is 101 Å². The Balaban J connectivity index is 1.28.